The normalized spacial score (nSPS) is 18.6. The first-order chi connectivity index (χ1) is 14.1. The fourth-order valence-corrected chi connectivity index (χ4v) is 6.08. The van der Waals surface area contributed by atoms with Crippen molar-refractivity contribution in [2.24, 2.45) is 0 Å². The minimum absolute atomic E-state index is 0.0786. The van der Waals surface area contributed by atoms with Gasteiger partial charge in [0, 0.05) is 29.4 Å². The molecule has 2 aromatic rings. The molecular formula is C21H30N4O2S2. The molecule has 1 atom stereocenters. The summed E-state index contributed by atoms with van der Waals surface area (Å²) in [6, 6.07) is 0.208. The van der Waals surface area contributed by atoms with Crippen LogP contribution in [-0.2, 0) is 28.9 Å². The van der Waals surface area contributed by atoms with Crippen molar-refractivity contribution in [3.63, 3.8) is 0 Å². The summed E-state index contributed by atoms with van der Waals surface area (Å²) in [6.45, 7) is 8.25. The fraction of sp³-hybridized carbons (Fsp3) is 0.667. The zero-order valence-corrected chi connectivity index (χ0v) is 19.0. The lowest BCUT2D eigenvalue weighted by Crippen LogP contribution is -2.36. The van der Waals surface area contributed by atoms with Gasteiger partial charge in [-0.1, -0.05) is 18.7 Å². The van der Waals surface area contributed by atoms with Gasteiger partial charge in [0.05, 0.1) is 25.5 Å². The molecule has 29 heavy (non-hydrogen) atoms. The number of aryl methyl sites for hydroxylation is 2. The number of thiophene rings is 1. The average molecular weight is 435 g/mol. The molecule has 6 nitrogen and oxygen atoms in total. The zero-order valence-electron chi connectivity index (χ0n) is 17.3. The standard InChI is InChI=1S/C21H30N4O2S2/c1-3-14(2)22-18(26)13-28-20-19-15-6-4-5-7-16(15)29-21(19)24-17(23-20)12-25-8-10-27-11-9-25/h14H,3-13H2,1-2H3,(H,22,26). The van der Waals surface area contributed by atoms with Crippen LogP contribution in [-0.4, -0.2) is 58.9 Å². The average Bonchev–Trinajstić information content (AvgIpc) is 3.11. The lowest BCUT2D eigenvalue weighted by molar-refractivity contribution is -0.119. The molecule has 0 bridgehead atoms. The Kier molecular flexibility index (Phi) is 7.05. The van der Waals surface area contributed by atoms with Gasteiger partial charge in [-0.05, 0) is 44.6 Å². The first-order valence-corrected chi connectivity index (χ1v) is 12.5. The highest BCUT2D eigenvalue weighted by atomic mass is 32.2. The van der Waals surface area contributed by atoms with Gasteiger partial charge in [0.1, 0.15) is 15.7 Å². The molecule has 1 fully saturated rings. The van der Waals surface area contributed by atoms with Crippen LogP contribution in [0.15, 0.2) is 5.03 Å². The number of aromatic nitrogens is 2. The summed E-state index contributed by atoms with van der Waals surface area (Å²) in [6.07, 6.45) is 5.68. The number of fused-ring (bicyclic) bond motifs is 3. The Morgan fingerprint density at radius 3 is 2.86 bits per heavy atom. The van der Waals surface area contributed by atoms with Crippen molar-refractivity contribution >= 4 is 39.2 Å². The van der Waals surface area contributed by atoms with Crippen molar-refractivity contribution in [1.29, 1.82) is 0 Å². The number of rotatable bonds is 7. The molecule has 0 radical (unpaired) electrons. The van der Waals surface area contributed by atoms with Crippen molar-refractivity contribution in [2.75, 3.05) is 32.1 Å². The minimum atomic E-state index is 0.0786. The topological polar surface area (TPSA) is 67.4 Å². The number of hydrogen-bond acceptors (Lipinski definition) is 7. The molecule has 1 unspecified atom stereocenters. The van der Waals surface area contributed by atoms with Gasteiger partial charge < -0.3 is 10.1 Å². The summed E-state index contributed by atoms with van der Waals surface area (Å²) in [7, 11) is 0. The van der Waals surface area contributed by atoms with Crippen molar-refractivity contribution in [3.05, 3.63) is 16.3 Å². The van der Waals surface area contributed by atoms with E-state index in [9.17, 15) is 4.79 Å². The predicted octanol–water partition coefficient (Wildman–Crippen LogP) is 3.41. The summed E-state index contributed by atoms with van der Waals surface area (Å²) >= 11 is 3.39. The van der Waals surface area contributed by atoms with Crippen molar-refractivity contribution in [1.82, 2.24) is 20.2 Å². The van der Waals surface area contributed by atoms with Gasteiger partial charge in [0.25, 0.3) is 0 Å². The number of thioether (sulfide) groups is 1. The summed E-state index contributed by atoms with van der Waals surface area (Å²) in [5.41, 5.74) is 1.43. The molecule has 2 aliphatic rings. The molecule has 8 heteroatoms. The highest BCUT2D eigenvalue weighted by Crippen LogP contribution is 2.39. The van der Waals surface area contributed by atoms with Gasteiger partial charge >= 0.3 is 0 Å². The van der Waals surface area contributed by atoms with E-state index in [0.717, 1.165) is 67.8 Å². The molecule has 1 aliphatic heterocycles. The number of ether oxygens (including phenoxy) is 1. The molecule has 3 heterocycles. The Hall–Kier alpha value is -1.22. The number of hydrogen-bond donors (Lipinski definition) is 1. The zero-order chi connectivity index (χ0) is 20.2. The molecular weight excluding hydrogens is 404 g/mol. The predicted molar refractivity (Wildman–Crippen MR) is 119 cm³/mol. The third-order valence-electron chi connectivity index (χ3n) is 5.66. The van der Waals surface area contributed by atoms with E-state index < -0.39 is 0 Å². The van der Waals surface area contributed by atoms with E-state index in [-0.39, 0.29) is 11.9 Å². The molecule has 0 aromatic carbocycles. The number of carbonyl (C=O) groups excluding carboxylic acids is 1. The first-order valence-electron chi connectivity index (χ1n) is 10.7. The second-order valence-electron chi connectivity index (χ2n) is 7.89. The Bertz CT molecular complexity index is 864. The van der Waals surface area contributed by atoms with Crippen LogP contribution < -0.4 is 5.32 Å². The maximum Gasteiger partial charge on any atom is 0.230 e. The van der Waals surface area contributed by atoms with E-state index in [0.29, 0.717) is 5.75 Å². The Labute approximate surface area is 180 Å². The number of morpholine rings is 1. The van der Waals surface area contributed by atoms with Crippen LogP contribution in [0.2, 0.25) is 0 Å². The third kappa shape index (κ3) is 5.10. The van der Waals surface area contributed by atoms with Crippen molar-refractivity contribution in [2.45, 2.75) is 63.6 Å². The van der Waals surface area contributed by atoms with Gasteiger partial charge in [-0.25, -0.2) is 9.97 Å². The summed E-state index contributed by atoms with van der Waals surface area (Å²) in [4.78, 5) is 27.1. The van der Waals surface area contributed by atoms with Gasteiger partial charge in [0.2, 0.25) is 5.91 Å². The number of nitrogens with one attached hydrogen (secondary N) is 1. The van der Waals surface area contributed by atoms with E-state index in [1.165, 1.54) is 28.7 Å². The molecule has 158 valence electrons. The molecule has 1 aliphatic carbocycles. The fourth-order valence-electron chi connectivity index (χ4n) is 3.85. The quantitative estimate of drug-likeness (QED) is 0.532. The lowest BCUT2D eigenvalue weighted by atomic mass is 9.97. The van der Waals surface area contributed by atoms with E-state index in [4.69, 9.17) is 14.7 Å². The van der Waals surface area contributed by atoms with Gasteiger partial charge in [-0.15, -0.1) is 11.3 Å². The highest BCUT2D eigenvalue weighted by Gasteiger charge is 2.23. The lowest BCUT2D eigenvalue weighted by Gasteiger charge is -2.25. The number of nitrogens with zero attached hydrogens (tertiary/aromatic N) is 3. The molecule has 1 N–H and O–H groups in total. The molecule has 4 rings (SSSR count). The van der Waals surface area contributed by atoms with Crippen LogP contribution in [0, 0.1) is 0 Å². The van der Waals surface area contributed by atoms with Crippen LogP contribution in [0.4, 0.5) is 0 Å². The maximum absolute atomic E-state index is 12.4. The summed E-state index contributed by atoms with van der Waals surface area (Å²) < 4.78 is 5.46. The van der Waals surface area contributed by atoms with Gasteiger partial charge in [0.15, 0.2) is 0 Å². The van der Waals surface area contributed by atoms with E-state index >= 15 is 0 Å². The van der Waals surface area contributed by atoms with Crippen molar-refractivity contribution in [3.8, 4) is 0 Å². The van der Waals surface area contributed by atoms with Crippen LogP contribution in [0.1, 0.15) is 49.4 Å². The molecule has 0 saturated carbocycles. The molecule has 1 amide bonds. The molecule has 1 saturated heterocycles. The second-order valence-corrected chi connectivity index (χ2v) is 9.94. The minimum Gasteiger partial charge on any atom is -0.379 e. The molecule has 2 aromatic heterocycles. The summed E-state index contributed by atoms with van der Waals surface area (Å²) in [5.74, 6) is 1.34. The van der Waals surface area contributed by atoms with Crippen LogP contribution in [0.3, 0.4) is 0 Å². The first kappa shape index (κ1) is 21.0. The Morgan fingerprint density at radius 1 is 1.28 bits per heavy atom. The largest absolute Gasteiger partial charge is 0.379 e. The Morgan fingerprint density at radius 2 is 2.07 bits per heavy atom. The van der Waals surface area contributed by atoms with Crippen LogP contribution in [0.25, 0.3) is 10.2 Å². The van der Waals surface area contributed by atoms with Gasteiger partial charge in [-0.3, -0.25) is 9.69 Å². The monoisotopic (exact) mass is 434 g/mol. The van der Waals surface area contributed by atoms with E-state index in [1.54, 1.807) is 11.8 Å². The smallest absolute Gasteiger partial charge is 0.230 e. The highest BCUT2D eigenvalue weighted by molar-refractivity contribution is 8.00. The summed E-state index contributed by atoms with van der Waals surface area (Å²) in [5, 5.41) is 5.25. The maximum atomic E-state index is 12.4. The molecule has 0 spiro atoms. The van der Waals surface area contributed by atoms with Crippen molar-refractivity contribution < 1.29 is 9.53 Å². The SMILES string of the molecule is CCC(C)NC(=O)CSc1nc(CN2CCOCC2)nc2sc3c(c12)CCCC3. The number of amides is 1. The van der Waals surface area contributed by atoms with E-state index in [1.807, 2.05) is 18.3 Å². The van der Waals surface area contributed by atoms with Crippen LogP contribution >= 0.6 is 23.1 Å². The van der Waals surface area contributed by atoms with E-state index in [2.05, 4.69) is 17.1 Å². The van der Waals surface area contributed by atoms with Crippen LogP contribution in [0.5, 0.6) is 0 Å². The van der Waals surface area contributed by atoms with Gasteiger partial charge in [-0.2, -0.15) is 0 Å². The second kappa shape index (κ2) is 9.73. The number of carbonyl (C=O) groups is 1. The Balaban J connectivity index is 1.60. The third-order valence-corrected chi connectivity index (χ3v) is 7.82.